The molecule has 0 unspecified atom stereocenters. The lowest BCUT2D eigenvalue weighted by Crippen LogP contribution is -2.21. The second-order valence-electron chi connectivity index (χ2n) is 4.67. The Morgan fingerprint density at radius 2 is 2.00 bits per heavy atom. The number of nitrogens with two attached hydrogens (primary N) is 2. The third-order valence-electron chi connectivity index (χ3n) is 2.76. The van der Waals surface area contributed by atoms with Gasteiger partial charge in [-0.1, -0.05) is 26.0 Å². The summed E-state index contributed by atoms with van der Waals surface area (Å²) in [7, 11) is 0. The summed E-state index contributed by atoms with van der Waals surface area (Å²) in [5, 5.41) is 9.68. The second-order valence-corrected chi connectivity index (χ2v) is 4.67. The number of phenolic OH excluding ortho intramolecular Hbond substituents is 1. The number of hydrogen-bond donors (Lipinski definition) is 3. The molecule has 1 rings (SSSR count). The van der Waals surface area contributed by atoms with Gasteiger partial charge < -0.3 is 16.6 Å². The third-order valence-corrected chi connectivity index (χ3v) is 2.76. The Labute approximate surface area is 97.5 Å². The molecule has 90 valence electrons. The Hall–Kier alpha value is -1.06. The highest BCUT2D eigenvalue weighted by Gasteiger charge is 2.10. The summed E-state index contributed by atoms with van der Waals surface area (Å²) in [5.41, 5.74) is 13.3. The number of rotatable bonds is 5. The monoisotopic (exact) mass is 222 g/mol. The second kappa shape index (κ2) is 5.87. The van der Waals surface area contributed by atoms with E-state index in [2.05, 4.69) is 13.8 Å². The quantitative estimate of drug-likeness (QED) is 0.713. The minimum atomic E-state index is -0.279. The molecule has 5 N–H and O–H groups in total. The summed E-state index contributed by atoms with van der Waals surface area (Å²) < 4.78 is 0. The minimum absolute atomic E-state index is 0.242. The summed E-state index contributed by atoms with van der Waals surface area (Å²) in [4.78, 5) is 0. The van der Waals surface area contributed by atoms with E-state index in [1.165, 1.54) is 5.56 Å². The Balaban J connectivity index is 2.81. The first-order chi connectivity index (χ1) is 7.54. The standard InChI is InChI=1S/C13H22N2O/c1-9(2)3-4-10-5-6-13(16)11(7-10)12(15)8-14/h5-7,9,12,16H,3-4,8,14-15H2,1-2H3/t12-/m1/s1. The maximum atomic E-state index is 9.68. The molecule has 3 heteroatoms. The van der Waals surface area contributed by atoms with Gasteiger partial charge in [-0.25, -0.2) is 0 Å². The molecule has 1 aromatic carbocycles. The highest BCUT2D eigenvalue weighted by Crippen LogP contribution is 2.24. The van der Waals surface area contributed by atoms with Crippen molar-refractivity contribution in [2.45, 2.75) is 32.7 Å². The van der Waals surface area contributed by atoms with Crippen LogP contribution in [0.1, 0.15) is 37.4 Å². The molecular formula is C13H22N2O. The molecule has 0 radical (unpaired) electrons. The van der Waals surface area contributed by atoms with Crippen molar-refractivity contribution in [1.82, 2.24) is 0 Å². The smallest absolute Gasteiger partial charge is 0.120 e. The van der Waals surface area contributed by atoms with E-state index in [0.717, 1.165) is 18.4 Å². The number of benzene rings is 1. The van der Waals surface area contributed by atoms with Crippen LogP contribution in [0.15, 0.2) is 18.2 Å². The maximum absolute atomic E-state index is 9.68. The first-order valence-electron chi connectivity index (χ1n) is 5.82. The molecule has 0 aliphatic heterocycles. The van der Waals surface area contributed by atoms with Crippen molar-refractivity contribution in [3.63, 3.8) is 0 Å². The predicted molar refractivity (Wildman–Crippen MR) is 67.2 cm³/mol. The molecule has 0 heterocycles. The van der Waals surface area contributed by atoms with E-state index in [9.17, 15) is 5.11 Å². The molecule has 0 spiro atoms. The Kier molecular flexibility index (Phi) is 4.77. The molecule has 1 atom stereocenters. The molecule has 0 saturated heterocycles. The predicted octanol–water partition coefficient (Wildman–Crippen LogP) is 1.94. The van der Waals surface area contributed by atoms with E-state index in [1.807, 2.05) is 12.1 Å². The Morgan fingerprint density at radius 1 is 1.31 bits per heavy atom. The SMILES string of the molecule is CC(C)CCc1ccc(O)c([C@H](N)CN)c1. The molecule has 0 amide bonds. The fourth-order valence-corrected chi connectivity index (χ4v) is 1.64. The summed E-state index contributed by atoms with van der Waals surface area (Å²) in [5.74, 6) is 0.923. The van der Waals surface area contributed by atoms with Crippen LogP contribution < -0.4 is 11.5 Å². The normalized spacial score (nSPS) is 13.1. The van der Waals surface area contributed by atoms with Gasteiger partial charge in [-0.05, 0) is 30.4 Å². The summed E-state index contributed by atoms with van der Waals surface area (Å²) in [6.45, 7) is 4.75. The van der Waals surface area contributed by atoms with Crippen LogP contribution in [-0.4, -0.2) is 11.7 Å². The van der Waals surface area contributed by atoms with Gasteiger partial charge in [-0.3, -0.25) is 0 Å². The van der Waals surface area contributed by atoms with Gasteiger partial charge in [-0.2, -0.15) is 0 Å². The van der Waals surface area contributed by atoms with Gasteiger partial charge in [0.05, 0.1) is 0 Å². The fraction of sp³-hybridized carbons (Fsp3) is 0.538. The van der Waals surface area contributed by atoms with Gasteiger partial charge in [0.2, 0.25) is 0 Å². The summed E-state index contributed by atoms with van der Waals surface area (Å²) >= 11 is 0. The molecule has 3 nitrogen and oxygen atoms in total. The lowest BCUT2D eigenvalue weighted by atomic mass is 9.98. The van der Waals surface area contributed by atoms with Gasteiger partial charge in [0.25, 0.3) is 0 Å². The van der Waals surface area contributed by atoms with Crippen molar-refractivity contribution in [3.8, 4) is 5.75 Å². The van der Waals surface area contributed by atoms with Crippen LogP contribution in [-0.2, 0) is 6.42 Å². The molecule has 0 fully saturated rings. The van der Waals surface area contributed by atoms with Crippen molar-refractivity contribution < 1.29 is 5.11 Å². The van der Waals surface area contributed by atoms with Crippen LogP contribution in [0.2, 0.25) is 0 Å². The highest BCUT2D eigenvalue weighted by molar-refractivity contribution is 5.38. The van der Waals surface area contributed by atoms with Gasteiger partial charge >= 0.3 is 0 Å². The fourth-order valence-electron chi connectivity index (χ4n) is 1.64. The largest absolute Gasteiger partial charge is 0.508 e. The molecule has 1 aromatic rings. The number of aryl methyl sites for hydroxylation is 1. The van der Waals surface area contributed by atoms with E-state index in [0.29, 0.717) is 12.5 Å². The summed E-state index contributed by atoms with van der Waals surface area (Å²) in [6.07, 6.45) is 2.16. The first-order valence-corrected chi connectivity index (χ1v) is 5.82. The topological polar surface area (TPSA) is 72.3 Å². The number of aromatic hydroxyl groups is 1. The van der Waals surface area contributed by atoms with Crippen molar-refractivity contribution in [1.29, 1.82) is 0 Å². The Bertz CT molecular complexity index is 337. The average molecular weight is 222 g/mol. The molecule has 0 bridgehead atoms. The molecule has 0 saturated carbocycles. The highest BCUT2D eigenvalue weighted by atomic mass is 16.3. The maximum Gasteiger partial charge on any atom is 0.120 e. The summed E-state index contributed by atoms with van der Waals surface area (Å²) in [6, 6.07) is 5.35. The molecule has 0 aliphatic rings. The van der Waals surface area contributed by atoms with Gasteiger partial charge in [0.15, 0.2) is 0 Å². The van der Waals surface area contributed by atoms with Crippen LogP contribution in [0.4, 0.5) is 0 Å². The Morgan fingerprint density at radius 3 is 2.56 bits per heavy atom. The van der Waals surface area contributed by atoms with Gasteiger partial charge in [-0.15, -0.1) is 0 Å². The average Bonchev–Trinajstić information content (AvgIpc) is 2.27. The first kappa shape index (κ1) is 13.0. The van der Waals surface area contributed by atoms with Crippen molar-refractivity contribution in [2.24, 2.45) is 17.4 Å². The zero-order chi connectivity index (χ0) is 12.1. The van der Waals surface area contributed by atoms with E-state index in [4.69, 9.17) is 11.5 Å². The molecule has 16 heavy (non-hydrogen) atoms. The van der Waals surface area contributed by atoms with Crippen LogP contribution in [0, 0.1) is 5.92 Å². The van der Waals surface area contributed by atoms with E-state index >= 15 is 0 Å². The third kappa shape index (κ3) is 3.51. The zero-order valence-electron chi connectivity index (χ0n) is 10.1. The van der Waals surface area contributed by atoms with Gasteiger partial charge in [0.1, 0.15) is 5.75 Å². The number of phenols is 1. The van der Waals surface area contributed by atoms with Crippen molar-refractivity contribution >= 4 is 0 Å². The van der Waals surface area contributed by atoms with E-state index in [1.54, 1.807) is 6.07 Å². The van der Waals surface area contributed by atoms with E-state index in [-0.39, 0.29) is 11.8 Å². The zero-order valence-corrected chi connectivity index (χ0v) is 10.1. The number of hydrogen-bond acceptors (Lipinski definition) is 3. The van der Waals surface area contributed by atoms with Crippen LogP contribution in [0.3, 0.4) is 0 Å². The molecule has 0 aliphatic carbocycles. The van der Waals surface area contributed by atoms with Crippen LogP contribution >= 0.6 is 0 Å². The minimum Gasteiger partial charge on any atom is -0.508 e. The molecule has 0 aromatic heterocycles. The lowest BCUT2D eigenvalue weighted by Gasteiger charge is -2.13. The lowest BCUT2D eigenvalue weighted by molar-refractivity contribution is 0.461. The van der Waals surface area contributed by atoms with Crippen LogP contribution in [0.25, 0.3) is 0 Å². The van der Waals surface area contributed by atoms with E-state index < -0.39 is 0 Å². The van der Waals surface area contributed by atoms with Crippen LogP contribution in [0.5, 0.6) is 5.75 Å². The van der Waals surface area contributed by atoms with Crippen molar-refractivity contribution in [3.05, 3.63) is 29.3 Å². The van der Waals surface area contributed by atoms with Crippen molar-refractivity contribution in [2.75, 3.05) is 6.54 Å². The van der Waals surface area contributed by atoms with Gasteiger partial charge in [0, 0.05) is 18.2 Å². The molecular weight excluding hydrogens is 200 g/mol.